The number of carbonyl (C=O) groups excluding carboxylic acids is 2. The number of rotatable bonds is 3. The van der Waals surface area contributed by atoms with Crippen LogP contribution in [0.25, 0.3) is 0 Å². The van der Waals surface area contributed by atoms with Crippen molar-refractivity contribution in [3.63, 3.8) is 0 Å². The average Bonchev–Trinajstić information content (AvgIpc) is 2.39. The smallest absolute Gasteiger partial charge is 0.309 e. The van der Waals surface area contributed by atoms with E-state index >= 15 is 0 Å². The minimum atomic E-state index is -0.289. The first-order valence-electron chi connectivity index (χ1n) is 6.03. The molecule has 0 N–H and O–H groups in total. The van der Waals surface area contributed by atoms with Gasteiger partial charge in [0.25, 0.3) is 0 Å². The zero-order valence-corrected chi connectivity index (χ0v) is 10.4. The van der Waals surface area contributed by atoms with Crippen LogP contribution >= 0.6 is 0 Å². The number of ketones is 1. The fourth-order valence-corrected chi connectivity index (χ4v) is 2.32. The molecule has 1 aliphatic carbocycles. The third-order valence-corrected chi connectivity index (χ3v) is 3.19. The topological polar surface area (TPSA) is 43.4 Å². The van der Waals surface area contributed by atoms with E-state index in [1.165, 1.54) is 7.11 Å². The van der Waals surface area contributed by atoms with Gasteiger partial charge in [-0.3, -0.25) is 9.59 Å². The van der Waals surface area contributed by atoms with Crippen LogP contribution in [0.5, 0.6) is 0 Å². The Labute approximate surface area is 106 Å². The SMILES string of the molecule is COC(=O)CC1=CC(=O)CC(c2ccccc2)C1. The van der Waals surface area contributed by atoms with Gasteiger partial charge < -0.3 is 4.74 Å². The van der Waals surface area contributed by atoms with E-state index in [-0.39, 0.29) is 24.1 Å². The normalized spacial score (nSPS) is 19.3. The van der Waals surface area contributed by atoms with Crippen molar-refractivity contribution >= 4 is 11.8 Å². The van der Waals surface area contributed by atoms with Gasteiger partial charge in [-0.05, 0) is 24.0 Å². The summed E-state index contributed by atoms with van der Waals surface area (Å²) in [5.74, 6) is -0.0138. The van der Waals surface area contributed by atoms with Crippen molar-refractivity contribution in [2.75, 3.05) is 7.11 Å². The fourth-order valence-electron chi connectivity index (χ4n) is 2.32. The number of benzene rings is 1. The molecule has 0 saturated heterocycles. The minimum Gasteiger partial charge on any atom is -0.469 e. The summed E-state index contributed by atoms with van der Waals surface area (Å²) in [5.41, 5.74) is 2.02. The van der Waals surface area contributed by atoms with Crippen LogP contribution in [-0.2, 0) is 14.3 Å². The van der Waals surface area contributed by atoms with Gasteiger partial charge in [0.2, 0.25) is 0 Å². The maximum absolute atomic E-state index is 11.7. The van der Waals surface area contributed by atoms with Gasteiger partial charge in [0, 0.05) is 6.42 Å². The van der Waals surface area contributed by atoms with Crippen LogP contribution in [0.15, 0.2) is 42.0 Å². The molecule has 1 aromatic carbocycles. The van der Waals surface area contributed by atoms with Crippen LogP contribution in [0.3, 0.4) is 0 Å². The van der Waals surface area contributed by atoms with E-state index in [2.05, 4.69) is 4.74 Å². The van der Waals surface area contributed by atoms with Crippen LogP contribution < -0.4 is 0 Å². The standard InChI is InChI=1S/C15H16O3/c1-18-15(17)9-11-7-13(10-14(16)8-11)12-5-3-2-4-6-12/h2-6,8,13H,7,9-10H2,1H3. The number of hydrogen-bond donors (Lipinski definition) is 0. The molecule has 3 nitrogen and oxygen atoms in total. The van der Waals surface area contributed by atoms with Crippen molar-refractivity contribution in [1.29, 1.82) is 0 Å². The predicted molar refractivity (Wildman–Crippen MR) is 68.1 cm³/mol. The van der Waals surface area contributed by atoms with Crippen molar-refractivity contribution in [2.24, 2.45) is 0 Å². The van der Waals surface area contributed by atoms with Crippen molar-refractivity contribution in [1.82, 2.24) is 0 Å². The summed E-state index contributed by atoms with van der Waals surface area (Å²) >= 11 is 0. The molecule has 18 heavy (non-hydrogen) atoms. The molecule has 2 rings (SSSR count). The van der Waals surface area contributed by atoms with Crippen LogP contribution in [0.2, 0.25) is 0 Å². The molecule has 0 saturated carbocycles. The van der Waals surface area contributed by atoms with Crippen LogP contribution in [-0.4, -0.2) is 18.9 Å². The molecular weight excluding hydrogens is 228 g/mol. The monoisotopic (exact) mass is 244 g/mol. The second-order valence-electron chi connectivity index (χ2n) is 4.54. The van der Waals surface area contributed by atoms with E-state index < -0.39 is 0 Å². The molecule has 0 aromatic heterocycles. The highest BCUT2D eigenvalue weighted by atomic mass is 16.5. The zero-order valence-electron chi connectivity index (χ0n) is 10.4. The Morgan fingerprint density at radius 2 is 2.00 bits per heavy atom. The fraction of sp³-hybridized carbons (Fsp3) is 0.333. The number of ether oxygens (including phenoxy) is 1. The number of hydrogen-bond acceptors (Lipinski definition) is 3. The molecule has 0 spiro atoms. The summed E-state index contributed by atoms with van der Waals surface area (Å²) in [6.45, 7) is 0. The first-order valence-corrected chi connectivity index (χ1v) is 6.03. The van der Waals surface area contributed by atoms with Gasteiger partial charge in [-0.2, -0.15) is 0 Å². The molecule has 0 bridgehead atoms. The van der Waals surface area contributed by atoms with Crippen molar-refractivity contribution in [2.45, 2.75) is 25.2 Å². The first kappa shape index (κ1) is 12.6. The molecule has 3 heteroatoms. The van der Waals surface area contributed by atoms with Crippen LogP contribution in [0.4, 0.5) is 0 Å². The van der Waals surface area contributed by atoms with Crippen LogP contribution in [0, 0.1) is 0 Å². The van der Waals surface area contributed by atoms with E-state index in [1.54, 1.807) is 6.08 Å². The number of methoxy groups -OCH3 is 1. The molecule has 0 fully saturated rings. The van der Waals surface area contributed by atoms with Gasteiger partial charge in [-0.15, -0.1) is 0 Å². The summed E-state index contributed by atoms with van der Waals surface area (Å²) < 4.78 is 4.64. The molecule has 0 aliphatic heterocycles. The van der Waals surface area contributed by atoms with E-state index in [9.17, 15) is 9.59 Å². The average molecular weight is 244 g/mol. The lowest BCUT2D eigenvalue weighted by Gasteiger charge is -2.22. The highest BCUT2D eigenvalue weighted by molar-refractivity contribution is 5.93. The Bertz CT molecular complexity index is 474. The molecule has 1 atom stereocenters. The van der Waals surface area contributed by atoms with Gasteiger partial charge >= 0.3 is 5.97 Å². The molecule has 1 unspecified atom stereocenters. The van der Waals surface area contributed by atoms with Gasteiger partial charge in [0.15, 0.2) is 5.78 Å². The molecule has 0 heterocycles. The quantitative estimate of drug-likeness (QED) is 0.768. The van der Waals surface area contributed by atoms with Gasteiger partial charge in [-0.1, -0.05) is 35.9 Å². The highest BCUT2D eigenvalue weighted by Gasteiger charge is 2.23. The Balaban J connectivity index is 2.12. The Kier molecular flexibility index (Phi) is 3.92. The summed E-state index contributed by atoms with van der Waals surface area (Å²) in [4.78, 5) is 23.0. The van der Waals surface area contributed by atoms with Gasteiger partial charge in [-0.25, -0.2) is 0 Å². The van der Waals surface area contributed by atoms with E-state index in [0.717, 1.165) is 17.6 Å². The van der Waals surface area contributed by atoms with Crippen LogP contribution in [0.1, 0.15) is 30.7 Å². The molecule has 94 valence electrons. The van der Waals surface area contributed by atoms with E-state index in [0.29, 0.717) is 6.42 Å². The largest absolute Gasteiger partial charge is 0.469 e. The third kappa shape index (κ3) is 3.06. The zero-order chi connectivity index (χ0) is 13.0. The third-order valence-electron chi connectivity index (χ3n) is 3.19. The predicted octanol–water partition coefficient (Wildman–Crippen LogP) is 2.62. The lowest BCUT2D eigenvalue weighted by molar-refractivity contribution is -0.139. The minimum absolute atomic E-state index is 0.0917. The maximum atomic E-state index is 11.7. The Hall–Kier alpha value is -1.90. The number of carbonyl (C=O) groups is 2. The lowest BCUT2D eigenvalue weighted by atomic mass is 9.82. The second-order valence-corrected chi connectivity index (χ2v) is 4.54. The molecule has 0 amide bonds. The highest BCUT2D eigenvalue weighted by Crippen LogP contribution is 2.32. The maximum Gasteiger partial charge on any atom is 0.309 e. The molecule has 1 aromatic rings. The lowest BCUT2D eigenvalue weighted by Crippen LogP contribution is -2.15. The molecule has 0 radical (unpaired) electrons. The van der Waals surface area contributed by atoms with E-state index in [1.807, 2.05) is 30.3 Å². The Morgan fingerprint density at radius 3 is 2.67 bits per heavy atom. The van der Waals surface area contributed by atoms with Gasteiger partial charge in [0.05, 0.1) is 13.5 Å². The van der Waals surface area contributed by atoms with Crippen molar-refractivity contribution < 1.29 is 14.3 Å². The summed E-state index contributed by atoms with van der Waals surface area (Å²) in [6, 6.07) is 9.95. The van der Waals surface area contributed by atoms with Crippen molar-refractivity contribution in [3.05, 3.63) is 47.5 Å². The number of allylic oxidation sites excluding steroid dienone is 1. The Morgan fingerprint density at radius 1 is 1.28 bits per heavy atom. The number of esters is 1. The molecular formula is C15H16O3. The summed E-state index contributed by atoms with van der Waals surface area (Å²) in [6.07, 6.45) is 3.08. The summed E-state index contributed by atoms with van der Waals surface area (Å²) in [5, 5.41) is 0. The summed E-state index contributed by atoms with van der Waals surface area (Å²) in [7, 11) is 1.36. The van der Waals surface area contributed by atoms with Gasteiger partial charge in [0.1, 0.15) is 0 Å². The first-order chi connectivity index (χ1) is 8.69. The van der Waals surface area contributed by atoms with E-state index in [4.69, 9.17) is 0 Å². The van der Waals surface area contributed by atoms with Crippen molar-refractivity contribution in [3.8, 4) is 0 Å². The second kappa shape index (κ2) is 5.63. The molecule has 1 aliphatic rings.